The summed E-state index contributed by atoms with van der Waals surface area (Å²) in [6.07, 6.45) is 0. The second-order valence-corrected chi connectivity index (χ2v) is 6.25. The fraction of sp³-hybridized carbons (Fsp3) is 0.381. The molecular formula is C21H28IN3O6. The largest absolute Gasteiger partial charge is 0.493 e. The van der Waals surface area contributed by atoms with Crippen molar-refractivity contribution in [1.82, 2.24) is 10.6 Å². The van der Waals surface area contributed by atoms with Crippen molar-refractivity contribution in [3.63, 3.8) is 0 Å². The van der Waals surface area contributed by atoms with Gasteiger partial charge in [-0.1, -0.05) is 0 Å². The number of hydrogen-bond donors (Lipinski definition) is 2. The Morgan fingerprint density at radius 3 is 2.32 bits per heavy atom. The van der Waals surface area contributed by atoms with Gasteiger partial charge < -0.3 is 39.1 Å². The molecule has 0 unspecified atom stereocenters. The number of hydrogen-bond acceptors (Lipinski definition) is 7. The zero-order valence-corrected chi connectivity index (χ0v) is 20.4. The van der Waals surface area contributed by atoms with Gasteiger partial charge in [-0.25, -0.2) is 0 Å². The van der Waals surface area contributed by atoms with Crippen LogP contribution in [0, 0.1) is 0 Å². The summed E-state index contributed by atoms with van der Waals surface area (Å²) in [7, 11) is 6.48. The molecule has 1 aliphatic rings. The number of benzene rings is 2. The predicted molar refractivity (Wildman–Crippen MR) is 128 cm³/mol. The highest BCUT2D eigenvalue weighted by Gasteiger charge is 2.14. The van der Waals surface area contributed by atoms with Crippen LogP contribution in [-0.2, 0) is 6.54 Å². The van der Waals surface area contributed by atoms with E-state index >= 15 is 0 Å². The van der Waals surface area contributed by atoms with Crippen molar-refractivity contribution in [2.24, 2.45) is 4.99 Å². The standard InChI is InChI=1S/C21H27N3O6.HI/c1-22-21(23-7-8-28-15-5-6-16-17(11-15)30-13-29-16)24-12-14-9-18(25-2)20(27-4)19(10-14)26-3;/h5-6,9-11H,7-8,12-13H2,1-4H3,(H2,22,23,24);1H. The Balaban J connectivity index is 0.00000341. The molecule has 0 aliphatic carbocycles. The molecule has 0 amide bonds. The van der Waals surface area contributed by atoms with E-state index in [2.05, 4.69) is 15.6 Å². The van der Waals surface area contributed by atoms with Crippen LogP contribution in [0.3, 0.4) is 0 Å². The molecule has 1 heterocycles. The summed E-state index contributed by atoms with van der Waals surface area (Å²) in [5.74, 6) is 4.58. The Labute approximate surface area is 199 Å². The van der Waals surface area contributed by atoms with Gasteiger partial charge in [0.2, 0.25) is 12.5 Å². The SMILES string of the molecule is CN=C(NCCOc1ccc2c(c1)OCO2)NCc1cc(OC)c(OC)c(OC)c1.I. The van der Waals surface area contributed by atoms with E-state index in [9.17, 15) is 0 Å². The number of rotatable bonds is 9. The van der Waals surface area contributed by atoms with Gasteiger partial charge in [0.05, 0.1) is 27.9 Å². The maximum Gasteiger partial charge on any atom is 0.231 e. The van der Waals surface area contributed by atoms with E-state index in [1.165, 1.54) is 0 Å². The highest BCUT2D eigenvalue weighted by atomic mass is 127. The van der Waals surface area contributed by atoms with Crippen LogP contribution in [-0.4, -0.2) is 54.3 Å². The number of methoxy groups -OCH3 is 3. The fourth-order valence-corrected chi connectivity index (χ4v) is 2.95. The first kappa shape index (κ1) is 24.5. The monoisotopic (exact) mass is 545 g/mol. The second-order valence-electron chi connectivity index (χ2n) is 6.25. The summed E-state index contributed by atoms with van der Waals surface area (Å²) in [6, 6.07) is 9.29. The van der Waals surface area contributed by atoms with Crippen LogP contribution >= 0.6 is 24.0 Å². The fourth-order valence-electron chi connectivity index (χ4n) is 2.95. The van der Waals surface area contributed by atoms with Crippen LogP contribution in [0.1, 0.15) is 5.56 Å². The summed E-state index contributed by atoms with van der Waals surface area (Å²) < 4.78 is 32.5. The molecular weight excluding hydrogens is 517 g/mol. The van der Waals surface area contributed by atoms with Crippen molar-refractivity contribution in [3.05, 3.63) is 35.9 Å². The molecule has 2 aromatic rings. The van der Waals surface area contributed by atoms with Crippen LogP contribution in [0.15, 0.2) is 35.3 Å². The molecule has 10 heteroatoms. The highest BCUT2D eigenvalue weighted by molar-refractivity contribution is 14.0. The first-order chi connectivity index (χ1) is 14.7. The lowest BCUT2D eigenvalue weighted by Gasteiger charge is -2.16. The minimum absolute atomic E-state index is 0. The topological polar surface area (TPSA) is 91.8 Å². The number of guanidine groups is 1. The van der Waals surface area contributed by atoms with Crippen molar-refractivity contribution in [3.8, 4) is 34.5 Å². The van der Waals surface area contributed by atoms with Crippen LogP contribution in [0.25, 0.3) is 0 Å². The van der Waals surface area contributed by atoms with Crippen molar-refractivity contribution < 1.29 is 28.4 Å². The smallest absolute Gasteiger partial charge is 0.231 e. The van der Waals surface area contributed by atoms with Crippen molar-refractivity contribution in [2.45, 2.75) is 6.54 Å². The molecule has 0 radical (unpaired) electrons. The molecule has 0 bridgehead atoms. The Morgan fingerprint density at radius 1 is 0.968 bits per heavy atom. The molecule has 9 nitrogen and oxygen atoms in total. The minimum Gasteiger partial charge on any atom is -0.493 e. The van der Waals surface area contributed by atoms with Gasteiger partial charge in [0.15, 0.2) is 29.0 Å². The number of halogens is 1. The average molecular weight is 545 g/mol. The maximum atomic E-state index is 5.75. The predicted octanol–water partition coefficient (Wildman–Crippen LogP) is 2.80. The lowest BCUT2D eigenvalue weighted by atomic mass is 10.2. The van der Waals surface area contributed by atoms with Gasteiger partial charge in [0.1, 0.15) is 12.4 Å². The van der Waals surface area contributed by atoms with E-state index in [1.54, 1.807) is 28.4 Å². The zero-order valence-electron chi connectivity index (χ0n) is 18.0. The second kappa shape index (κ2) is 12.2. The van der Waals surface area contributed by atoms with Gasteiger partial charge >= 0.3 is 0 Å². The molecule has 1 aliphatic heterocycles. The Morgan fingerprint density at radius 2 is 1.68 bits per heavy atom. The van der Waals surface area contributed by atoms with E-state index in [0.29, 0.717) is 48.7 Å². The van der Waals surface area contributed by atoms with Crippen molar-refractivity contribution in [1.29, 1.82) is 0 Å². The molecule has 2 N–H and O–H groups in total. The molecule has 31 heavy (non-hydrogen) atoms. The van der Waals surface area contributed by atoms with E-state index in [0.717, 1.165) is 17.1 Å². The van der Waals surface area contributed by atoms with Gasteiger partial charge in [-0.2, -0.15) is 0 Å². The van der Waals surface area contributed by atoms with Crippen LogP contribution in [0.5, 0.6) is 34.5 Å². The molecule has 0 aromatic heterocycles. The minimum atomic E-state index is 0. The normalized spacial score (nSPS) is 11.9. The van der Waals surface area contributed by atoms with Crippen molar-refractivity contribution in [2.75, 3.05) is 48.3 Å². The number of fused-ring (bicyclic) bond motifs is 1. The lowest BCUT2D eigenvalue weighted by Crippen LogP contribution is -2.38. The first-order valence-electron chi connectivity index (χ1n) is 9.44. The molecule has 0 saturated carbocycles. The zero-order chi connectivity index (χ0) is 21.3. The number of nitrogens with zero attached hydrogens (tertiary/aromatic N) is 1. The first-order valence-corrected chi connectivity index (χ1v) is 9.44. The summed E-state index contributed by atoms with van der Waals surface area (Å²) in [5.41, 5.74) is 0.962. The molecule has 0 spiro atoms. The third kappa shape index (κ3) is 6.36. The Hall–Kier alpha value is -2.76. The summed E-state index contributed by atoms with van der Waals surface area (Å²) >= 11 is 0. The van der Waals surface area contributed by atoms with Gasteiger partial charge in [0, 0.05) is 19.7 Å². The van der Waals surface area contributed by atoms with E-state index in [-0.39, 0.29) is 30.8 Å². The molecule has 170 valence electrons. The Kier molecular flexibility index (Phi) is 9.63. The van der Waals surface area contributed by atoms with Crippen LogP contribution in [0.4, 0.5) is 0 Å². The number of aliphatic imine (C=N–C) groups is 1. The number of nitrogens with one attached hydrogen (secondary N) is 2. The molecule has 2 aromatic carbocycles. The van der Waals surface area contributed by atoms with E-state index in [4.69, 9.17) is 28.4 Å². The highest BCUT2D eigenvalue weighted by Crippen LogP contribution is 2.38. The third-order valence-corrected chi connectivity index (χ3v) is 4.42. The maximum absolute atomic E-state index is 5.75. The average Bonchev–Trinajstić information content (AvgIpc) is 3.25. The van der Waals surface area contributed by atoms with E-state index in [1.807, 2.05) is 30.3 Å². The van der Waals surface area contributed by atoms with Gasteiger partial charge in [0.25, 0.3) is 0 Å². The third-order valence-electron chi connectivity index (χ3n) is 4.42. The molecule has 0 saturated heterocycles. The summed E-state index contributed by atoms with van der Waals surface area (Å²) in [5, 5.41) is 6.47. The Bertz CT molecular complexity index is 868. The molecule has 3 rings (SSSR count). The van der Waals surface area contributed by atoms with Crippen LogP contribution in [0.2, 0.25) is 0 Å². The summed E-state index contributed by atoms with van der Waals surface area (Å²) in [4.78, 5) is 4.23. The van der Waals surface area contributed by atoms with Gasteiger partial charge in [-0.15, -0.1) is 24.0 Å². The quantitative estimate of drug-likeness (QED) is 0.215. The van der Waals surface area contributed by atoms with Gasteiger partial charge in [-0.3, -0.25) is 4.99 Å². The molecule has 0 atom stereocenters. The lowest BCUT2D eigenvalue weighted by molar-refractivity contribution is 0.173. The van der Waals surface area contributed by atoms with E-state index < -0.39 is 0 Å². The molecule has 0 fully saturated rings. The number of ether oxygens (including phenoxy) is 6. The van der Waals surface area contributed by atoms with Gasteiger partial charge in [-0.05, 0) is 29.8 Å². The van der Waals surface area contributed by atoms with Crippen molar-refractivity contribution >= 4 is 29.9 Å². The van der Waals surface area contributed by atoms with Crippen LogP contribution < -0.4 is 39.1 Å². The summed E-state index contributed by atoms with van der Waals surface area (Å²) in [6.45, 7) is 1.81.